The van der Waals surface area contributed by atoms with E-state index in [9.17, 15) is 0 Å². The van der Waals surface area contributed by atoms with Crippen LogP contribution in [0.2, 0.25) is 0 Å². The Bertz CT molecular complexity index is 3050. The van der Waals surface area contributed by atoms with Crippen molar-refractivity contribution in [3.8, 4) is 22.3 Å². The third-order valence-corrected chi connectivity index (χ3v) is 11.3. The van der Waals surface area contributed by atoms with E-state index < -0.39 is 0 Å². The van der Waals surface area contributed by atoms with E-state index in [1.54, 1.807) is 0 Å². The van der Waals surface area contributed by atoms with E-state index in [1.165, 1.54) is 22.3 Å². The number of benzene rings is 8. The SMILES string of the molecule is CC1(C)c2ccccc2-c2cc(N(c3ccc(-c4cc5ccccc5c5oc6ccccc6c45)cc3)c3ccc4c(c3)oc3ccccc34)ccc21. The summed E-state index contributed by atoms with van der Waals surface area (Å²) in [6.07, 6.45) is 0. The van der Waals surface area contributed by atoms with Crippen LogP contribution in [0, 0.1) is 0 Å². The highest BCUT2D eigenvalue weighted by Gasteiger charge is 2.35. The van der Waals surface area contributed by atoms with Crippen LogP contribution in [0.25, 0.3) is 76.9 Å². The second kappa shape index (κ2) is 10.7. The van der Waals surface area contributed by atoms with E-state index in [0.717, 1.165) is 82.8 Å². The first kappa shape index (κ1) is 29.2. The molecule has 0 saturated heterocycles. The van der Waals surface area contributed by atoms with Gasteiger partial charge in [-0.3, -0.25) is 0 Å². The molecule has 1 aliphatic rings. The van der Waals surface area contributed by atoms with Gasteiger partial charge in [0.05, 0.1) is 0 Å². The third kappa shape index (κ3) is 4.14. The Labute approximate surface area is 301 Å². The number of anilines is 3. The molecular weight excluding hydrogens is 635 g/mol. The molecule has 2 aromatic heterocycles. The van der Waals surface area contributed by atoms with Gasteiger partial charge in [0.15, 0.2) is 0 Å². The molecule has 10 aromatic rings. The summed E-state index contributed by atoms with van der Waals surface area (Å²) in [7, 11) is 0. The highest BCUT2D eigenvalue weighted by molar-refractivity contribution is 6.21. The number of fused-ring (bicyclic) bond motifs is 11. The van der Waals surface area contributed by atoms with Gasteiger partial charge < -0.3 is 13.7 Å². The number of hydrogen-bond donors (Lipinski definition) is 0. The summed E-state index contributed by atoms with van der Waals surface area (Å²) < 4.78 is 12.9. The Hall–Kier alpha value is -6.58. The van der Waals surface area contributed by atoms with E-state index in [0.29, 0.717) is 0 Å². The molecule has 2 heterocycles. The van der Waals surface area contributed by atoms with Crippen LogP contribution < -0.4 is 4.90 Å². The smallest absolute Gasteiger partial charge is 0.143 e. The van der Waals surface area contributed by atoms with Gasteiger partial charge in [0.25, 0.3) is 0 Å². The molecule has 0 aliphatic heterocycles. The fraction of sp³-hybridized carbons (Fsp3) is 0.0612. The summed E-state index contributed by atoms with van der Waals surface area (Å²) in [6.45, 7) is 4.66. The van der Waals surface area contributed by atoms with Crippen LogP contribution in [-0.4, -0.2) is 0 Å². The molecular formula is C49H33NO2. The molecule has 3 heteroatoms. The average Bonchev–Trinajstić information content (AvgIpc) is 3.83. The molecule has 3 nitrogen and oxygen atoms in total. The van der Waals surface area contributed by atoms with E-state index in [4.69, 9.17) is 8.83 Å². The zero-order chi connectivity index (χ0) is 34.6. The molecule has 0 unspecified atom stereocenters. The Kier molecular flexibility index (Phi) is 6.01. The van der Waals surface area contributed by atoms with Crippen LogP contribution in [0.5, 0.6) is 0 Å². The standard InChI is InChI=1S/C49H33NO2/c1-49(2)42-16-8-5-13-36(42)41-28-33(24-26-43(41)49)50(34-23-25-38-37-14-6-9-17-44(37)51-46(38)29-34)32-21-19-30(20-22-32)40-27-31-11-3-4-12-35(31)48-47(40)39-15-7-10-18-45(39)52-48/h3-29H,1-2H3. The molecule has 0 N–H and O–H groups in total. The first-order chi connectivity index (χ1) is 25.5. The lowest BCUT2D eigenvalue weighted by molar-refractivity contribution is 0.660. The second-order valence-corrected chi connectivity index (χ2v) is 14.5. The maximum atomic E-state index is 6.52. The lowest BCUT2D eigenvalue weighted by Crippen LogP contribution is -2.15. The summed E-state index contributed by atoms with van der Waals surface area (Å²) in [6, 6.07) is 58.8. The number of nitrogens with zero attached hydrogens (tertiary/aromatic N) is 1. The Balaban J connectivity index is 1.10. The number of furan rings is 2. The number of para-hydroxylation sites is 2. The Morgan fingerprint density at radius 2 is 1.04 bits per heavy atom. The van der Waals surface area contributed by atoms with Crippen molar-refractivity contribution in [1.82, 2.24) is 0 Å². The van der Waals surface area contributed by atoms with Crippen molar-refractivity contribution in [1.29, 1.82) is 0 Å². The molecule has 246 valence electrons. The molecule has 0 fully saturated rings. The van der Waals surface area contributed by atoms with Gasteiger partial charge in [0.2, 0.25) is 0 Å². The first-order valence-corrected chi connectivity index (χ1v) is 17.9. The summed E-state index contributed by atoms with van der Waals surface area (Å²) in [5.41, 5.74) is 14.4. The van der Waals surface area contributed by atoms with Crippen molar-refractivity contribution in [3.63, 3.8) is 0 Å². The molecule has 1 aliphatic carbocycles. The fourth-order valence-electron chi connectivity index (χ4n) is 8.73. The van der Waals surface area contributed by atoms with E-state index in [2.05, 4.69) is 164 Å². The highest BCUT2D eigenvalue weighted by Crippen LogP contribution is 2.51. The van der Waals surface area contributed by atoms with Crippen molar-refractivity contribution < 1.29 is 8.83 Å². The normalized spacial score (nSPS) is 13.3. The van der Waals surface area contributed by atoms with Gasteiger partial charge in [-0.15, -0.1) is 0 Å². The molecule has 0 saturated carbocycles. The lowest BCUT2D eigenvalue weighted by atomic mass is 9.82. The predicted octanol–water partition coefficient (Wildman–Crippen LogP) is 14.1. The van der Waals surface area contributed by atoms with Crippen LogP contribution in [-0.2, 0) is 5.41 Å². The van der Waals surface area contributed by atoms with Crippen LogP contribution in [0.1, 0.15) is 25.0 Å². The molecule has 0 spiro atoms. The first-order valence-electron chi connectivity index (χ1n) is 17.9. The van der Waals surface area contributed by atoms with Crippen LogP contribution in [0.4, 0.5) is 17.1 Å². The maximum absolute atomic E-state index is 6.52. The fourth-order valence-corrected chi connectivity index (χ4v) is 8.73. The van der Waals surface area contributed by atoms with Crippen molar-refractivity contribution in [2.75, 3.05) is 4.90 Å². The summed E-state index contributed by atoms with van der Waals surface area (Å²) in [5, 5.41) is 6.81. The maximum Gasteiger partial charge on any atom is 0.143 e. The monoisotopic (exact) mass is 667 g/mol. The molecule has 0 bridgehead atoms. The Morgan fingerprint density at radius 1 is 0.423 bits per heavy atom. The third-order valence-electron chi connectivity index (χ3n) is 11.3. The van der Waals surface area contributed by atoms with Gasteiger partial charge in [-0.2, -0.15) is 0 Å². The minimum absolute atomic E-state index is 0.0629. The zero-order valence-electron chi connectivity index (χ0n) is 28.9. The van der Waals surface area contributed by atoms with Crippen LogP contribution in [0.3, 0.4) is 0 Å². The van der Waals surface area contributed by atoms with Gasteiger partial charge in [0.1, 0.15) is 22.3 Å². The molecule has 0 amide bonds. The number of hydrogen-bond acceptors (Lipinski definition) is 3. The molecule has 52 heavy (non-hydrogen) atoms. The summed E-state index contributed by atoms with van der Waals surface area (Å²) >= 11 is 0. The lowest BCUT2D eigenvalue weighted by Gasteiger charge is -2.27. The largest absolute Gasteiger partial charge is 0.456 e. The highest BCUT2D eigenvalue weighted by atomic mass is 16.3. The van der Waals surface area contributed by atoms with Gasteiger partial charge in [-0.1, -0.05) is 117 Å². The number of rotatable bonds is 4. The molecule has 0 atom stereocenters. The molecule has 0 radical (unpaired) electrons. The van der Waals surface area contributed by atoms with Crippen molar-refractivity contribution >= 4 is 71.7 Å². The van der Waals surface area contributed by atoms with Crippen molar-refractivity contribution in [2.24, 2.45) is 0 Å². The van der Waals surface area contributed by atoms with Gasteiger partial charge in [-0.05, 0) is 93.4 Å². The Morgan fingerprint density at radius 3 is 1.88 bits per heavy atom. The van der Waals surface area contributed by atoms with Gasteiger partial charge in [0, 0.05) is 55.5 Å². The quantitative estimate of drug-likeness (QED) is 0.187. The predicted molar refractivity (Wildman–Crippen MR) is 216 cm³/mol. The average molecular weight is 668 g/mol. The summed E-state index contributed by atoms with van der Waals surface area (Å²) in [5.74, 6) is 0. The van der Waals surface area contributed by atoms with Gasteiger partial charge >= 0.3 is 0 Å². The van der Waals surface area contributed by atoms with Crippen LogP contribution in [0.15, 0.2) is 173 Å². The molecule has 8 aromatic carbocycles. The second-order valence-electron chi connectivity index (χ2n) is 14.5. The van der Waals surface area contributed by atoms with E-state index >= 15 is 0 Å². The summed E-state index contributed by atoms with van der Waals surface area (Å²) in [4.78, 5) is 2.36. The van der Waals surface area contributed by atoms with Crippen LogP contribution >= 0.6 is 0 Å². The van der Waals surface area contributed by atoms with Gasteiger partial charge in [-0.25, -0.2) is 0 Å². The van der Waals surface area contributed by atoms with Crippen molar-refractivity contribution in [2.45, 2.75) is 19.3 Å². The minimum atomic E-state index is -0.0629. The topological polar surface area (TPSA) is 29.5 Å². The van der Waals surface area contributed by atoms with E-state index in [1.807, 2.05) is 18.2 Å². The van der Waals surface area contributed by atoms with Crippen molar-refractivity contribution in [3.05, 3.63) is 175 Å². The van der Waals surface area contributed by atoms with E-state index in [-0.39, 0.29) is 5.41 Å². The molecule has 11 rings (SSSR count). The zero-order valence-corrected chi connectivity index (χ0v) is 28.9. The minimum Gasteiger partial charge on any atom is -0.456 e.